The van der Waals surface area contributed by atoms with Crippen molar-refractivity contribution < 1.29 is 26.8 Å². The molecule has 1 aliphatic rings. The van der Waals surface area contributed by atoms with Crippen molar-refractivity contribution in [2.24, 2.45) is 0 Å². The summed E-state index contributed by atoms with van der Waals surface area (Å²) in [6.07, 6.45) is 3.76. The molecule has 3 aromatic carbocycles. The van der Waals surface area contributed by atoms with Crippen molar-refractivity contribution in [1.82, 2.24) is 10.2 Å². The Bertz CT molecular complexity index is 1420. The van der Waals surface area contributed by atoms with Crippen LogP contribution in [-0.4, -0.2) is 43.8 Å². The first-order valence-electron chi connectivity index (χ1n) is 13.2. The molecule has 40 heavy (non-hydrogen) atoms. The van der Waals surface area contributed by atoms with E-state index >= 15 is 0 Å². The van der Waals surface area contributed by atoms with Crippen LogP contribution in [0.25, 0.3) is 0 Å². The van der Waals surface area contributed by atoms with Gasteiger partial charge in [0.25, 0.3) is 10.0 Å². The van der Waals surface area contributed by atoms with Gasteiger partial charge in [0.05, 0.1) is 10.6 Å². The van der Waals surface area contributed by atoms with Gasteiger partial charge in [0.1, 0.15) is 24.2 Å². The average molecular weight is 570 g/mol. The van der Waals surface area contributed by atoms with Crippen LogP contribution in [-0.2, 0) is 26.2 Å². The van der Waals surface area contributed by atoms with Gasteiger partial charge in [-0.25, -0.2) is 17.2 Å². The van der Waals surface area contributed by atoms with Crippen LogP contribution in [0.5, 0.6) is 0 Å². The standard InChI is InChI=1S/C30H33F2N3O4S/c1-21-7-15-27(16-8-21)35(40(38,39)28-17-13-25(32)14-18-28)20-29(36)34(19-23-9-11-24(31)12-10-23)22(2)30(37)33-26-5-3-4-6-26/h7-18,22,26H,3-6,19-20H2,1-2H3,(H,33,37)/t22-/m1/s1. The van der Waals surface area contributed by atoms with Crippen molar-refractivity contribution in [2.45, 2.75) is 63.1 Å². The quantitative estimate of drug-likeness (QED) is 0.375. The maximum absolute atomic E-state index is 13.9. The monoisotopic (exact) mass is 569 g/mol. The van der Waals surface area contributed by atoms with Crippen LogP contribution < -0.4 is 9.62 Å². The van der Waals surface area contributed by atoms with Crippen LogP contribution in [0.15, 0.2) is 77.7 Å². The summed E-state index contributed by atoms with van der Waals surface area (Å²) in [6, 6.07) is 15.7. The lowest BCUT2D eigenvalue weighted by Gasteiger charge is -2.32. The molecular formula is C30H33F2N3O4S. The minimum Gasteiger partial charge on any atom is -0.352 e. The average Bonchev–Trinajstić information content (AvgIpc) is 3.44. The summed E-state index contributed by atoms with van der Waals surface area (Å²) < 4.78 is 55.5. The zero-order valence-electron chi connectivity index (χ0n) is 22.5. The van der Waals surface area contributed by atoms with Gasteiger partial charge in [0, 0.05) is 12.6 Å². The topological polar surface area (TPSA) is 86.8 Å². The molecule has 1 saturated carbocycles. The van der Waals surface area contributed by atoms with Crippen molar-refractivity contribution in [2.75, 3.05) is 10.8 Å². The number of carbonyl (C=O) groups is 2. The molecule has 0 bridgehead atoms. The van der Waals surface area contributed by atoms with Crippen molar-refractivity contribution in [3.63, 3.8) is 0 Å². The van der Waals surface area contributed by atoms with Crippen LogP contribution in [0.2, 0.25) is 0 Å². The molecule has 7 nitrogen and oxygen atoms in total. The molecule has 0 radical (unpaired) electrons. The lowest BCUT2D eigenvalue weighted by atomic mass is 10.1. The van der Waals surface area contributed by atoms with Gasteiger partial charge in [-0.2, -0.15) is 0 Å². The molecule has 1 N–H and O–H groups in total. The van der Waals surface area contributed by atoms with Gasteiger partial charge in [-0.05, 0) is 80.8 Å². The molecule has 1 aliphatic carbocycles. The fourth-order valence-electron chi connectivity index (χ4n) is 4.73. The third kappa shape index (κ3) is 7.04. The first-order valence-corrected chi connectivity index (χ1v) is 14.7. The Labute approximate surface area is 233 Å². The Kier molecular flexibility index (Phi) is 9.19. The highest BCUT2D eigenvalue weighted by Gasteiger charge is 2.33. The third-order valence-corrected chi connectivity index (χ3v) is 8.93. The number of benzene rings is 3. The molecule has 0 saturated heterocycles. The summed E-state index contributed by atoms with van der Waals surface area (Å²) in [5.74, 6) is -2.00. The number of sulfonamides is 1. The SMILES string of the molecule is Cc1ccc(N(CC(=O)N(Cc2ccc(F)cc2)[C@H](C)C(=O)NC2CCCC2)S(=O)(=O)c2ccc(F)cc2)cc1. The smallest absolute Gasteiger partial charge is 0.264 e. The van der Waals surface area contributed by atoms with Crippen LogP contribution in [0.1, 0.15) is 43.7 Å². The Morgan fingerprint density at radius 3 is 2.02 bits per heavy atom. The Balaban J connectivity index is 1.67. The van der Waals surface area contributed by atoms with Crippen molar-refractivity contribution in [3.05, 3.63) is 95.6 Å². The van der Waals surface area contributed by atoms with E-state index in [4.69, 9.17) is 0 Å². The van der Waals surface area contributed by atoms with E-state index in [1.54, 1.807) is 31.2 Å². The van der Waals surface area contributed by atoms with E-state index < -0.39 is 40.2 Å². The van der Waals surface area contributed by atoms with Gasteiger partial charge in [-0.3, -0.25) is 13.9 Å². The predicted molar refractivity (Wildman–Crippen MR) is 149 cm³/mol. The van der Waals surface area contributed by atoms with E-state index in [1.807, 2.05) is 6.92 Å². The van der Waals surface area contributed by atoms with E-state index in [2.05, 4.69) is 5.32 Å². The molecule has 10 heteroatoms. The molecule has 0 spiro atoms. The molecular weight excluding hydrogens is 536 g/mol. The van der Waals surface area contributed by atoms with E-state index in [-0.39, 0.29) is 29.1 Å². The molecule has 2 amide bonds. The largest absolute Gasteiger partial charge is 0.352 e. The van der Waals surface area contributed by atoms with Gasteiger partial charge in [-0.1, -0.05) is 42.7 Å². The van der Waals surface area contributed by atoms with Gasteiger partial charge in [0.2, 0.25) is 11.8 Å². The number of halogens is 2. The first kappa shape index (κ1) is 29.2. The highest BCUT2D eigenvalue weighted by Crippen LogP contribution is 2.25. The van der Waals surface area contributed by atoms with E-state index in [9.17, 15) is 26.8 Å². The number of rotatable bonds is 10. The second-order valence-corrected chi connectivity index (χ2v) is 12.0. The van der Waals surface area contributed by atoms with E-state index in [1.165, 1.54) is 29.2 Å². The highest BCUT2D eigenvalue weighted by atomic mass is 32.2. The maximum Gasteiger partial charge on any atom is 0.264 e. The zero-order valence-corrected chi connectivity index (χ0v) is 23.3. The maximum atomic E-state index is 13.9. The molecule has 1 atom stereocenters. The number of hydrogen-bond acceptors (Lipinski definition) is 4. The lowest BCUT2D eigenvalue weighted by molar-refractivity contribution is -0.139. The Morgan fingerprint density at radius 1 is 0.900 bits per heavy atom. The molecule has 0 unspecified atom stereocenters. The minimum absolute atomic E-state index is 0.0284. The van der Waals surface area contributed by atoms with Crippen molar-refractivity contribution in [3.8, 4) is 0 Å². The zero-order chi connectivity index (χ0) is 28.9. The molecule has 0 aromatic heterocycles. The lowest BCUT2D eigenvalue weighted by Crippen LogP contribution is -2.52. The predicted octanol–water partition coefficient (Wildman–Crippen LogP) is 4.94. The van der Waals surface area contributed by atoms with Crippen molar-refractivity contribution >= 4 is 27.5 Å². The van der Waals surface area contributed by atoms with Crippen LogP contribution >= 0.6 is 0 Å². The van der Waals surface area contributed by atoms with Crippen LogP contribution in [0.4, 0.5) is 14.5 Å². The molecule has 4 rings (SSSR count). The molecule has 3 aromatic rings. The summed E-state index contributed by atoms with van der Waals surface area (Å²) in [6.45, 7) is 2.81. The fraction of sp³-hybridized carbons (Fsp3) is 0.333. The van der Waals surface area contributed by atoms with Crippen molar-refractivity contribution in [1.29, 1.82) is 0 Å². The highest BCUT2D eigenvalue weighted by molar-refractivity contribution is 7.92. The number of nitrogens with zero attached hydrogens (tertiary/aromatic N) is 2. The van der Waals surface area contributed by atoms with Gasteiger partial charge >= 0.3 is 0 Å². The Morgan fingerprint density at radius 2 is 1.45 bits per heavy atom. The molecule has 0 heterocycles. The summed E-state index contributed by atoms with van der Waals surface area (Å²) in [7, 11) is -4.29. The van der Waals surface area contributed by atoms with Gasteiger partial charge in [0.15, 0.2) is 0 Å². The van der Waals surface area contributed by atoms with E-state index in [0.29, 0.717) is 5.56 Å². The number of hydrogen-bond donors (Lipinski definition) is 1. The summed E-state index contributed by atoms with van der Waals surface area (Å²) >= 11 is 0. The first-order chi connectivity index (χ1) is 19.0. The number of amides is 2. The number of aryl methyl sites for hydroxylation is 1. The Hall–Kier alpha value is -3.79. The normalized spacial score (nSPS) is 14.5. The van der Waals surface area contributed by atoms with Crippen LogP contribution in [0, 0.1) is 18.6 Å². The molecule has 0 aliphatic heterocycles. The third-order valence-electron chi connectivity index (χ3n) is 7.14. The number of carbonyl (C=O) groups excluding carboxylic acids is 2. The molecule has 212 valence electrons. The summed E-state index contributed by atoms with van der Waals surface area (Å²) in [5.41, 5.74) is 1.72. The minimum atomic E-state index is -4.29. The number of nitrogens with one attached hydrogen (secondary N) is 1. The fourth-order valence-corrected chi connectivity index (χ4v) is 6.15. The van der Waals surface area contributed by atoms with Gasteiger partial charge < -0.3 is 10.2 Å². The van der Waals surface area contributed by atoms with E-state index in [0.717, 1.165) is 59.8 Å². The van der Waals surface area contributed by atoms with Gasteiger partial charge in [-0.15, -0.1) is 0 Å². The molecule has 1 fully saturated rings. The summed E-state index contributed by atoms with van der Waals surface area (Å²) in [4.78, 5) is 28.2. The number of anilines is 1. The second-order valence-electron chi connectivity index (χ2n) is 10.1. The second kappa shape index (κ2) is 12.6. The van der Waals surface area contributed by atoms with Crippen LogP contribution in [0.3, 0.4) is 0 Å². The summed E-state index contributed by atoms with van der Waals surface area (Å²) in [5, 5.41) is 3.00.